The van der Waals surface area contributed by atoms with Gasteiger partial charge in [-0.2, -0.15) is 0 Å². The Bertz CT molecular complexity index is 1080. The molecule has 1 aromatic heterocycles. The fourth-order valence-electron chi connectivity index (χ4n) is 3.58. The Balaban J connectivity index is 1.76. The first-order valence-corrected chi connectivity index (χ1v) is 11.0. The number of fused-ring (bicyclic) bond motifs is 1. The summed E-state index contributed by atoms with van der Waals surface area (Å²) in [5.74, 6) is 1.31. The Kier molecular flexibility index (Phi) is 8.77. The molecule has 0 atom stereocenters. The minimum atomic E-state index is -0.412. The normalized spacial score (nSPS) is 11.0. The van der Waals surface area contributed by atoms with Crippen LogP contribution >= 0.6 is 0 Å². The van der Waals surface area contributed by atoms with Gasteiger partial charge in [-0.25, -0.2) is 4.98 Å². The van der Waals surface area contributed by atoms with Crippen LogP contribution in [0.5, 0.6) is 5.75 Å². The number of hydrogen-bond acceptors (Lipinski definition) is 7. The lowest BCUT2D eigenvalue weighted by molar-refractivity contribution is -0.384. The van der Waals surface area contributed by atoms with Gasteiger partial charge in [-0.1, -0.05) is 0 Å². The number of benzene rings is 2. The zero-order chi connectivity index (χ0) is 23.6. The molecule has 9 heteroatoms. The molecular weight excluding hydrogens is 426 g/mol. The van der Waals surface area contributed by atoms with Crippen LogP contribution in [0.3, 0.4) is 0 Å². The van der Waals surface area contributed by atoms with Gasteiger partial charge in [-0.05, 0) is 49.9 Å². The molecule has 2 aromatic carbocycles. The number of nitro benzene ring substituents is 1. The van der Waals surface area contributed by atoms with Gasteiger partial charge in [0, 0.05) is 50.4 Å². The quantitative estimate of drug-likeness (QED) is 0.158. The van der Waals surface area contributed by atoms with Crippen LogP contribution in [0, 0.1) is 10.1 Å². The second-order valence-electron chi connectivity index (χ2n) is 7.62. The highest BCUT2D eigenvalue weighted by atomic mass is 16.6. The summed E-state index contributed by atoms with van der Waals surface area (Å²) in [6.07, 6.45) is 3.73. The number of nitrogens with zero attached hydrogens (tertiary/aromatic N) is 3. The SMILES string of the molecule is COCCCn1c(-c2ccc([N+](=O)[O-])cc2)nc2ccc(OCCCCCC(=O)OC)cc21. The van der Waals surface area contributed by atoms with Gasteiger partial charge in [-0.3, -0.25) is 14.9 Å². The van der Waals surface area contributed by atoms with Crippen molar-refractivity contribution in [1.82, 2.24) is 9.55 Å². The molecule has 0 unspecified atom stereocenters. The summed E-state index contributed by atoms with van der Waals surface area (Å²) < 4.78 is 17.9. The molecule has 0 aliphatic rings. The number of hydrogen-bond donors (Lipinski definition) is 0. The van der Waals surface area contributed by atoms with Gasteiger partial charge in [0.1, 0.15) is 11.6 Å². The predicted molar refractivity (Wildman–Crippen MR) is 124 cm³/mol. The van der Waals surface area contributed by atoms with Crippen molar-refractivity contribution >= 4 is 22.7 Å². The Morgan fingerprint density at radius 1 is 1.03 bits per heavy atom. The molecule has 0 saturated heterocycles. The minimum Gasteiger partial charge on any atom is -0.494 e. The molecule has 0 amide bonds. The number of aromatic nitrogens is 2. The van der Waals surface area contributed by atoms with Crippen molar-refractivity contribution in [1.29, 1.82) is 0 Å². The smallest absolute Gasteiger partial charge is 0.305 e. The average molecular weight is 456 g/mol. The van der Waals surface area contributed by atoms with Gasteiger partial charge < -0.3 is 18.8 Å². The van der Waals surface area contributed by atoms with E-state index < -0.39 is 4.92 Å². The van der Waals surface area contributed by atoms with Crippen LogP contribution in [0.4, 0.5) is 5.69 Å². The van der Waals surface area contributed by atoms with E-state index in [1.54, 1.807) is 19.2 Å². The van der Waals surface area contributed by atoms with Gasteiger partial charge in [0.2, 0.25) is 0 Å². The van der Waals surface area contributed by atoms with Crippen molar-refractivity contribution in [3.05, 3.63) is 52.6 Å². The Hall–Kier alpha value is -3.46. The number of carbonyl (C=O) groups excluding carboxylic acids is 1. The molecule has 176 valence electrons. The zero-order valence-corrected chi connectivity index (χ0v) is 19.0. The van der Waals surface area contributed by atoms with Crippen molar-refractivity contribution in [3.63, 3.8) is 0 Å². The van der Waals surface area contributed by atoms with Crippen LogP contribution in [-0.2, 0) is 20.8 Å². The highest BCUT2D eigenvalue weighted by Gasteiger charge is 2.15. The third kappa shape index (κ3) is 6.52. The van der Waals surface area contributed by atoms with Crippen molar-refractivity contribution < 1.29 is 23.9 Å². The fraction of sp³-hybridized carbons (Fsp3) is 0.417. The first-order chi connectivity index (χ1) is 16.0. The van der Waals surface area contributed by atoms with Crippen LogP contribution in [0.15, 0.2) is 42.5 Å². The second kappa shape index (κ2) is 12.0. The fourth-order valence-corrected chi connectivity index (χ4v) is 3.58. The molecular formula is C24H29N3O6. The van der Waals surface area contributed by atoms with E-state index >= 15 is 0 Å². The number of rotatable bonds is 13. The number of nitro groups is 1. The standard InChI is InChI=1S/C24H29N3O6/c1-31-15-6-14-26-22-17-20(33-16-5-3-4-7-23(28)32-2)12-13-21(22)25-24(26)18-8-10-19(11-9-18)27(29)30/h8-13,17H,3-7,14-16H2,1-2H3. The number of methoxy groups -OCH3 is 2. The molecule has 33 heavy (non-hydrogen) atoms. The van der Waals surface area contributed by atoms with Crippen LogP contribution in [0.1, 0.15) is 32.1 Å². The maximum atomic E-state index is 11.2. The van der Waals surface area contributed by atoms with Gasteiger partial charge in [0.15, 0.2) is 0 Å². The Morgan fingerprint density at radius 2 is 1.82 bits per heavy atom. The maximum Gasteiger partial charge on any atom is 0.305 e. The van der Waals surface area contributed by atoms with E-state index in [1.807, 2.05) is 18.2 Å². The van der Waals surface area contributed by atoms with Crippen LogP contribution < -0.4 is 4.74 Å². The molecule has 0 aliphatic heterocycles. The Labute approximate surface area is 192 Å². The van der Waals surface area contributed by atoms with Gasteiger partial charge in [0.05, 0.1) is 29.7 Å². The summed E-state index contributed by atoms with van der Waals surface area (Å²) in [5.41, 5.74) is 2.61. The number of non-ortho nitro benzene ring substituents is 1. The summed E-state index contributed by atoms with van der Waals surface area (Å²) in [6, 6.07) is 12.2. The molecule has 0 fully saturated rings. The van der Waals surface area contributed by atoms with Crippen LogP contribution in [0.25, 0.3) is 22.4 Å². The van der Waals surface area contributed by atoms with E-state index in [0.717, 1.165) is 53.9 Å². The lowest BCUT2D eigenvalue weighted by Crippen LogP contribution is -2.04. The van der Waals surface area contributed by atoms with Crippen LogP contribution in [0.2, 0.25) is 0 Å². The predicted octanol–water partition coefficient (Wildman–Crippen LogP) is 4.76. The molecule has 0 saturated carbocycles. The van der Waals surface area contributed by atoms with E-state index in [1.165, 1.54) is 19.2 Å². The lowest BCUT2D eigenvalue weighted by Gasteiger charge is -2.10. The molecule has 1 heterocycles. The number of carbonyl (C=O) groups is 1. The van der Waals surface area contributed by atoms with E-state index in [2.05, 4.69) is 9.30 Å². The van der Waals surface area contributed by atoms with Gasteiger partial charge >= 0.3 is 5.97 Å². The summed E-state index contributed by atoms with van der Waals surface area (Å²) in [7, 11) is 3.06. The monoisotopic (exact) mass is 455 g/mol. The summed E-state index contributed by atoms with van der Waals surface area (Å²) in [4.78, 5) is 26.5. The molecule has 0 radical (unpaired) electrons. The third-order valence-corrected chi connectivity index (χ3v) is 5.31. The number of ether oxygens (including phenoxy) is 3. The first kappa shape index (κ1) is 24.2. The summed E-state index contributed by atoms with van der Waals surface area (Å²) in [6.45, 7) is 1.86. The molecule has 0 aliphatic carbocycles. The number of imidazole rings is 1. The van der Waals surface area contributed by atoms with Crippen LogP contribution in [-0.4, -0.2) is 47.9 Å². The number of aryl methyl sites for hydroxylation is 1. The number of unbranched alkanes of at least 4 members (excludes halogenated alkanes) is 2. The van der Waals surface area contributed by atoms with Gasteiger partial charge in [-0.15, -0.1) is 0 Å². The molecule has 0 bridgehead atoms. The second-order valence-corrected chi connectivity index (χ2v) is 7.62. The summed E-state index contributed by atoms with van der Waals surface area (Å²) in [5, 5.41) is 11.0. The molecule has 0 spiro atoms. The van der Waals surface area contributed by atoms with E-state index in [0.29, 0.717) is 26.2 Å². The lowest BCUT2D eigenvalue weighted by atomic mass is 10.2. The Morgan fingerprint density at radius 3 is 2.52 bits per heavy atom. The van der Waals surface area contributed by atoms with Crippen molar-refractivity contribution in [2.75, 3.05) is 27.4 Å². The largest absolute Gasteiger partial charge is 0.494 e. The van der Waals surface area contributed by atoms with Crippen molar-refractivity contribution in [2.24, 2.45) is 0 Å². The van der Waals surface area contributed by atoms with Crippen molar-refractivity contribution in [2.45, 2.75) is 38.6 Å². The minimum absolute atomic E-state index is 0.0445. The van der Waals surface area contributed by atoms with Crippen molar-refractivity contribution in [3.8, 4) is 17.1 Å². The number of esters is 1. The first-order valence-electron chi connectivity index (χ1n) is 11.0. The molecule has 9 nitrogen and oxygen atoms in total. The molecule has 0 N–H and O–H groups in total. The highest BCUT2D eigenvalue weighted by molar-refractivity contribution is 5.82. The summed E-state index contributed by atoms with van der Waals surface area (Å²) >= 11 is 0. The zero-order valence-electron chi connectivity index (χ0n) is 19.0. The molecule has 3 aromatic rings. The van der Waals surface area contributed by atoms with E-state index in [9.17, 15) is 14.9 Å². The van der Waals surface area contributed by atoms with E-state index in [4.69, 9.17) is 14.5 Å². The third-order valence-electron chi connectivity index (χ3n) is 5.31. The maximum absolute atomic E-state index is 11.2. The highest BCUT2D eigenvalue weighted by Crippen LogP contribution is 2.29. The van der Waals surface area contributed by atoms with E-state index in [-0.39, 0.29) is 11.7 Å². The molecule has 3 rings (SSSR count). The average Bonchev–Trinajstić information content (AvgIpc) is 3.19. The van der Waals surface area contributed by atoms with Gasteiger partial charge in [0.25, 0.3) is 5.69 Å². The topological polar surface area (TPSA) is 106 Å².